The average molecular weight is 209 g/mol. The summed E-state index contributed by atoms with van der Waals surface area (Å²) in [6, 6.07) is -0.616. The molecule has 0 saturated heterocycles. The third kappa shape index (κ3) is 1.73. The van der Waals surface area contributed by atoms with Crippen LogP contribution < -0.4 is 0 Å². The van der Waals surface area contributed by atoms with Crippen molar-refractivity contribution in [2.24, 2.45) is 5.92 Å². The molecule has 5 heteroatoms. The fourth-order valence-electron chi connectivity index (χ4n) is 1.99. The van der Waals surface area contributed by atoms with Crippen molar-refractivity contribution in [3.63, 3.8) is 0 Å². The summed E-state index contributed by atoms with van der Waals surface area (Å²) in [5.41, 5.74) is 1.98. The van der Waals surface area contributed by atoms with Crippen molar-refractivity contribution in [3.8, 4) is 0 Å². The number of fused-ring (bicyclic) bond motifs is 1. The number of nitrogens with zero attached hydrogens (tertiary/aromatic N) is 3. The smallest absolute Gasteiger partial charge is 0.328 e. The first-order valence-corrected chi connectivity index (χ1v) is 5.25. The highest BCUT2D eigenvalue weighted by molar-refractivity contribution is 5.71. The van der Waals surface area contributed by atoms with Gasteiger partial charge in [-0.1, -0.05) is 12.1 Å². The van der Waals surface area contributed by atoms with Crippen LogP contribution in [0.4, 0.5) is 0 Å². The van der Waals surface area contributed by atoms with Crippen molar-refractivity contribution in [1.82, 2.24) is 15.0 Å². The Morgan fingerprint density at radius 3 is 3.07 bits per heavy atom. The second-order valence-electron chi connectivity index (χ2n) is 4.29. The van der Waals surface area contributed by atoms with Crippen LogP contribution in [-0.4, -0.2) is 26.1 Å². The van der Waals surface area contributed by atoms with Crippen molar-refractivity contribution in [2.45, 2.75) is 39.2 Å². The number of hydrogen-bond donors (Lipinski definition) is 1. The van der Waals surface area contributed by atoms with E-state index in [0.29, 0.717) is 5.92 Å². The first-order chi connectivity index (χ1) is 7.09. The zero-order chi connectivity index (χ0) is 11.0. The summed E-state index contributed by atoms with van der Waals surface area (Å²) in [5.74, 6) is -0.232. The number of aromatic nitrogens is 3. The molecule has 2 unspecified atom stereocenters. The number of carboxylic acids is 1. The molecule has 0 amide bonds. The Balaban J connectivity index is 2.32. The highest BCUT2D eigenvalue weighted by Crippen LogP contribution is 2.25. The molecule has 1 aromatic heterocycles. The molecule has 82 valence electrons. The van der Waals surface area contributed by atoms with Gasteiger partial charge in [0.25, 0.3) is 0 Å². The zero-order valence-corrected chi connectivity index (χ0v) is 8.97. The highest BCUT2D eigenvalue weighted by Gasteiger charge is 2.25. The molecular weight excluding hydrogens is 194 g/mol. The molecule has 5 nitrogen and oxygen atoms in total. The van der Waals surface area contributed by atoms with Crippen molar-refractivity contribution < 1.29 is 9.90 Å². The molecule has 1 N–H and O–H groups in total. The molecule has 2 atom stereocenters. The van der Waals surface area contributed by atoms with Crippen LogP contribution in [0.1, 0.15) is 37.7 Å². The lowest BCUT2D eigenvalue weighted by Crippen LogP contribution is -2.21. The first-order valence-electron chi connectivity index (χ1n) is 5.25. The number of aliphatic carboxylic acids is 1. The van der Waals surface area contributed by atoms with Gasteiger partial charge in [-0.25, -0.2) is 9.48 Å². The van der Waals surface area contributed by atoms with Crippen LogP contribution in [0.3, 0.4) is 0 Å². The van der Waals surface area contributed by atoms with Gasteiger partial charge in [-0.05, 0) is 32.1 Å². The van der Waals surface area contributed by atoms with Crippen LogP contribution in [0.15, 0.2) is 0 Å². The normalized spacial score (nSPS) is 22.1. The van der Waals surface area contributed by atoms with Crippen LogP contribution in [-0.2, 0) is 17.6 Å². The fraction of sp³-hybridized carbons (Fsp3) is 0.700. The average Bonchev–Trinajstić information content (AvgIpc) is 2.59. The Kier molecular flexibility index (Phi) is 2.46. The molecule has 1 aromatic rings. The SMILES string of the molecule is CC1CCc2c(nnn2C(C)C(=O)O)C1. The Hall–Kier alpha value is -1.39. The van der Waals surface area contributed by atoms with Gasteiger partial charge in [0.15, 0.2) is 0 Å². The van der Waals surface area contributed by atoms with E-state index >= 15 is 0 Å². The summed E-state index contributed by atoms with van der Waals surface area (Å²) in [6.07, 6.45) is 2.90. The highest BCUT2D eigenvalue weighted by atomic mass is 16.4. The Morgan fingerprint density at radius 1 is 1.67 bits per heavy atom. The summed E-state index contributed by atoms with van der Waals surface area (Å²) in [7, 11) is 0. The molecule has 0 aliphatic heterocycles. The number of carbonyl (C=O) groups is 1. The summed E-state index contributed by atoms with van der Waals surface area (Å²) in [6.45, 7) is 3.82. The predicted molar refractivity (Wildman–Crippen MR) is 53.6 cm³/mol. The molecule has 15 heavy (non-hydrogen) atoms. The fourth-order valence-corrected chi connectivity index (χ4v) is 1.99. The van der Waals surface area contributed by atoms with Crippen LogP contribution in [0.5, 0.6) is 0 Å². The molecule has 0 saturated carbocycles. The molecule has 0 bridgehead atoms. The van der Waals surface area contributed by atoms with E-state index in [1.54, 1.807) is 11.6 Å². The van der Waals surface area contributed by atoms with E-state index in [1.807, 2.05) is 0 Å². The van der Waals surface area contributed by atoms with Gasteiger partial charge in [0.05, 0.1) is 11.4 Å². The van der Waals surface area contributed by atoms with E-state index in [1.165, 1.54) is 0 Å². The van der Waals surface area contributed by atoms with Gasteiger partial charge in [0.1, 0.15) is 6.04 Å². The van der Waals surface area contributed by atoms with Gasteiger partial charge in [0, 0.05) is 0 Å². The molecular formula is C10H15N3O2. The van der Waals surface area contributed by atoms with Crippen molar-refractivity contribution >= 4 is 5.97 Å². The van der Waals surface area contributed by atoms with Crippen molar-refractivity contribution in [3.05, 3.63) is 11.4 Å². The monoisotopic (exact) mass is 209 g/mol. The number of hydrogen-bond acceptors (Lipinski definition) is 3. The standard InChI is InChI=1S/C10H15N3O2/c1-6-3-4-9-8(5-6)11-12-13(9)7(2)10(14)15/h6-7H,3-5H2,1-2H3,(H,14,15). The topological polar surface area (TPSA) is 68.0 Å². The largest absolute Gasteiger partial charge is 0.480 e. The Labute approximate surface area is 88.1 Å². The predicted octanol–water partition coefficient (Wildman–Crippen LogP) is 1.05. The van der Waals surface area contributed by atoms with Gasteiger partial charge in [-0.15, -0.1) is 5.10 Å². The van der Waals surface area contributed by atoms with Crippen molar-refractivity contribution in [1.29, 1.82) is 0 Å². The van der Waals surface area contributed by atoms with Gasteiger partial charge < -0.3 is 5.11 Å². The third-order valence-corrected chi connectivity index (χ3v) is 3.01. The Morgan fingerprint density at radius 2 is 2.40 bits per heavy atom. The molecule has 1 aliphatic rings. The van der Waals surface area contributed by atoms with Gasteiger partial charge >= 0.3 is 5.97 Å². The maximum absolute atomic E-state index is 10.9. The Bertz CT molecular complexity index is 386. The van der Waals surface area contributed by atoms with Crippen LogP contribution >= 0.6 is 0 Å². The summed E-state index contributed by atoms with van der Waals surface area (Å²) in [4.78, 5) is 10.9. The minimum atomic E-state index is -0.860. The molecule has 2 rings (SSSR count). The van der Waals surface area contributed by atoms with Crippen LogP contribution in [0.2, 0.25) is 0 Å². The summed E-state index contributed by atoms with van der Waals surface area (Å²) >= 11 is 0. The van der Waals surface area contributed by atoms with E-state index in [4.69, 9.17) is 5.11 Å². The number of carboxylic acid groups (broad SMARTS) is 1. The van der Waals surface area contributed by atoms with Crippen molar-refractivity contribution in [2.75, 3.05) is 0 Å². The van der Waals surface area contributed by atoms with Gasteiger partial charge in [-0.2, -0.15) is 0 Å². The van der Waals surface area contributed by atoms with Crippen LogP contribution in [0, 0.1) is 5.92 Å². The van der Waals surface area contributed by atoms with E-state index in [2.05, 4.69) is 17.2 Å². The second-order valence-corrected chi connectivity index (χ2v) is 4.29. The maximum atomic E-state index is 10.9. The van der Waals surface area contributed by atoms with E-state index in [0.717, 1.165) is 30.7 Å². The zero-order valence-electron chi connectivity index (χ0n) is 8.97. The van der Waals surface area contributed by atoms with Gasteiger partial charge in [0.2, 0.25) is 0 Å². The lowest BCUT2D eigenvalue weighted by molar-refractivity contribution is -0.140. The van der Waals surface area contributed by atoms with E-state index < -0.39 is 12.0 Å². The summed E-state index contributed by atoms with van der Waals surface area (Å²) in [5, 5.41) is 16.9. The minimum Gasteiger partial charge on any atom is -0.480 e. The lowest BCUT2D eigenvalue weighted by Gasteiger charge is -2.18. The third-order valence-electron chi connectivity index (χ3n) is 3.01. The van der Waals surface area contributed by atoms with Crippen LogP contribution in [0.25, 0.3) is 0 Å². The molecule has 0 spiro atoms. The van der Waals surface area contributed by atoms with Gasteiger partial charge in [-0.3, -0.25) is 0 Å². The molecule has 1 aliphatic carbocycles. The van der Waals surface area contributed by atoms with E-state index in [-0.39, 0.29) is 0 Å². The molecule has 0 fully saturated rings. The molecule has 1 heterocycles. The lowest BCUT2D eigenvalue weighted by atomic mass is 9.91. The quantitative estimate of drug-likeness (QED) is 0.790. The molecule has 0 radical (unpaired) electrons. The first kappa shape index (κ1) is 10.1. The molecule has 0 aromatic carbocycles. The van der Waals surface area contributed by atoms with E-state index in [9.17, 15) is 4.79 Å². The number of rotatable bonds is 2. The minimum absolute atomic E-state index is 0.616. The summed E-state index contributed by atoms with van der Waals surface area (Å²) < 4.78 is 1.55. The second kappa shape index (κ2) is 3.64. The maximum Gasteiger partial charge on any atom is 0.328 e.